The molecule has 1 fully saturated rings. The summed E-state index contributed by atoms with van der Waals surface area (Å²) in [6, 6.07) is 4.88. The van der Waals surface area contributed by atoms with Crippen molar-refractivity contribution in [3.63, 3.8) is 0 Å². The highest BCUT2D eigenvalue weighted by atomic mass is 32.1. The molecule has 0 bridgehead atoms. The van der Waals surface area contributed by atoms with E-state index < -0.39 is 0 Å². The van der Waals surface area contributed by atoms with E-state index in [1.54, 1.807) is 6.07 Å². The van der Waals surface area contributed by atoms with Crippen LogP contribution in [0, 0.1) is 11.2 Å². The highest BCUT2D eigenvalue weighted by molar-refractivity contribution is 7.80. The monoisotopic (exact) mass is 294 g/mol. The fraction of sp³-hybridized carbons (Fsp3) is 0.562. The van der Waals surface area contributed by atoms with Crippen molar-refractivity contribution in [3.05, 3.63) is 35.1 Å². The molecule has 1 aliphatic rings. The average Bonchev–Trinajstić information content (AvgIpc) is 2.41. The van der Waals surface area contributed by atoms with Crippen molar-refractivity contribution in [2.75, 3.05) is 13.1 Å². The van der Waals surface area contributed by atoms with Gasteiger partial charge in [-0.05, 0) is 55.1 Å². The summed E-state index contributed by atoms with van der Waals surface area (Å²) in [6.45, 7) is 7.54. The summed E-state index contributed by atoms with van der Waals surface area (Å²) < 4.78 is 13.6. The second kappa shape index (κ2) is 6.19. The first-order chi connectivity index (χ1) is 9.42. The quantitative estimate of drug-likeness (QED) is 0.862. The molecular formula is C16H23FN2S. The lowest BCUT2D eigenvalue weighted by Crippen LogP contribution is -2.37. The molecule has 0 atom stereocenters. The molecule has 2 N–H and O–H groups in total. The first-order valence-corrected chi connectivity index (χ1v) is 7.64. The number of thiocarbonyl (C=S) groups is 1. The molecule has 0 aliphatic carbocycles. The Labute approximate surface area is 126 Å². The molecule has 0 aromatic heterocycles. The van der Waals surface area contributed by atoms with E-state index in [4.69, 9.17) is 18.0 Å². The normalized spacial score (nSPS) is 18.9. The van der Waals surface area contributed by atoms with Crippen LogP contribution in [0.15, 0.2) is 18.2 Å². The minimum atomic E-state index is -0.263. The molecular weight excluding hydrogens is 271 g/mol. The molecule has 4 heteroatoms. The SMILES string of the molecule is CCC1(C)CCN(Cc2cc(F)cc(C(N)=S)c2)CC1. The number of hydrogen-bond acceptors (Lipinski definition) is 2. The topological polar surface area (TPSA) is 29.3 Å². The van der Waals surface area contributed by atoms with Gasteiger partial charge < -0.3 is 5.73 Å². The molecule has 2 nitrogen and oxygen atoms in total. The highest BCUT2D eigenvalue weighted by Gasteiger charge is 2.28. The van der Waals surface area contributed by atoms with Crippen molar-refractivity contribution >= 4 is 17.2 Å². The standard InChI is InChI=1S/C16H23FN2S/c1-3-16(2)4-6-19(7-5-16)11-12-8-13(15(18)20)10-14(17)9-12/h8-10H,3-7,11H2,1-2H3,(H2,18,20). The van der Waals surface area contributed by atoms with Crippen LogP contribution in [0.1, 0.15) is 44.2 Å². The second-order valence-corrected chi connectivity index (χ2v) is 6.59. The van der Waals surface area contributed by atoms with Gasteiger partial charge in [-0.25, -0.2) is 4.39 Å². The number of likely N-dealkylation sites (tertiary alicyclic amines) is 1. The number of nitrogens with zero attached hydrogens (tertiary/aromatic N) is 1. The fourth-order valence-corrected chi connectivity index (χ4v) is 2.86. The van der Waals surface area contributed by atoms with E-state index in [0.717, 1.165) is 25.2 Å². The maximum atomic E-state index is 13.6. The van der Waals surface area contributed by atoms with Gasteiger partial charge in [-0.3, -0.25) is 4.90 Å². The molecule has 1 aromatic rings. The van der Waals surface area contributed by atoms with E-state index >= 15 is 0 Å². The Hall–Kier alpha value is -1.00. The van der Waals surface area contributed by atoms with Crippen molar-refractivity contribution in [2.24, 2.45) is 11.1 Å². The minimum Gasteiger partial charge on any atom is -0.389 e. The van der Waals surface area contributed by atoms with Crippen molar-refractivity contribution in [2.45, 2.75) is 39.7 Å². The van der Waals surface area contributed by atoms with Crippen molar-refractivity contribution < 1.29 is 4.39 Å². The number of piperidine rings is 1. The van der Waals surface area contributed by atoms with Gasteiger partial charge in [0.1, 0.15) is 10.8 Å². The highest BCUT2D eigenvalue weighted by Crippen LogP contribution is 2.34. The lowest BCUT2D eigenvalue weighted by Gasteiger charge is -2.39. The first kappa shape index (κ1) is 15.4. The lowest BCUT2D eigenvalue weighted by atomic mass is 9.78. The molecule has 0 amide bonds. The summed E-state index contributed by atoms with van der Waals surface area (Å²) in [6.07, 6.45) is 3.65. The smallest absolute Gasteiger partial charge is 0.124 e. The van der Waals surface area contributed by atoms with Crippen LogP contribution in [-0.2, 0) is 6.54 Å². The van der Waals surface area contributed by atoms with Gasteiger partial charge in [-0.2, -0.15) is 0 Å². The molecule has 1 aliphatic heterocycles. The van der Waals surface area contributed by atoms with Crippen LogP contribution in [0.25, 0.3) is 0 Å². The third-order valence-electron chi connectivity index (χ3n) is 4.56. The summed E-state index contributed by atoms with van der Waals surface area (Å²) >= 11 is 4.93. The van der Waals surface area contributed by atoms with E-state index in [-0.39, 0.29) is 10.8 Å². The second-order valence-electron chi connectivity index (χ2n) is 6.15. The molecule has 0 radical (unpaired) electrons. The van der Waals surface area contributed by atoms with Gasteiger partial charge in [0.2, 0.25) is 0 Å². The zero-order valence-corrected chi connectivity index (χ0v) is 13.1. The minimum absolute atomic E-state index is 0.253. The van der Waals surface area contributed by atoms with Crippen molar-refractivity contribution in [1.82, 2.24) is 4.90 Å². The van der Waals surface area contributed by atoms with Crippen LogP contribution in [0.2, 0.25) is 0 Å². The molecule has 0 saturated carbocycles. The summed E-state index contributed by atoms with van der Waals surface area (Å²) in [4.78, 5) is 2.64. The first-order valence-electron chi connectivity index (χ1n) is 7.23. The summed E-state index contributed by atoms with van der Waals surface area (Å²) in [5.41, 5.74) is 7.63. The predicted octanol–water partition coefficient (Wildman–Crippen LogP) is 3.47. The van der Waals surface area contributed by atoms with Gasteiger partial charge in [0, 0.05) is 12.1 Å². The molecule has 1 heterocycles. The van der Waals surface area contributed by atoms with Crippen molar-refractivity contribution in [3.8, 4) is 0 Å². The number of benzene rings is 1. The fourth-order valence-electron chi connectivity index (χ4n) is 2.75. The summed E-state index contributed by atoms with van der Waals surface area (Å²) in [5, 5.41) is 0. The number of hydrogen-bond donors (Lipinski definition) is 1. The van der Waals surface area contributed by atoms with Gasteiger partial charge in [-0.1, -0.05) is 32.5 Å². The van der Waals surface area contributed by atoms with Crippen LogP contribution in [-0.4, -0.2) is 23.0 Å². The number of nitrogens with two attached hydrogens (primary N) is 1. The van der Waals surface area contributed by atoms with Gasteiger partial charge in [-0.15, -0.1) is 0 Å². The van der Waals surface area contributed by atoms with E-state index in [2.05, 4.69) is 18.7 Å². The van der Waals surface area contributed by atoms with Crippen LogP contribution < -0.4 is 5.73 Å². The Morgan fingerprint density at radius 3 is 2.55 bits per heavy atom. The predicted molar refractivity (Wildman–Crippen MR) is 85.2 cm³/mol. The molecule has 20 heavy (non-hydrogen) atoms. The zero-order valence-electron chi connectivity index (χ0n) is 12.3. The maximum absolute atomic E-state index is 13.6. The molecule has 1 aromatic carbocycles. The molecule has 0 spiro atoms. The number of rotatable bonds is 4. The maximum Gasteiger partial charge on any atom is 0.124 e. The van der Waals surface area contributed by atoms with Crippen LogP contribution in [0.4, 0.5) is 4.39 Å². The van der Waals surface area contributed by atoms with Gasteiger partial charge in [0.15, 0.2) is 0 Å². The molecule has 2 rings (SSSR count). The zero-order chi connectivity index (χ0) is 14.8. The van der Waals surface area contributed by atoms with Gasteiger partial charge in [0.25, 0.3) is 0 Å². The Bertz CT molecular complexity index is 493. The molecule has 1 saturated heterocycles. The summed E-state index contributed by atoms with van der Waals surface area (Å²) in [5.74, 6) is -0.263. The largest absolute Gasteiger partial charge is 0.389 e. The van der Waals surface area contributed by atoms with E-state index in [0.29, 0.717) is 11.0 Å². The van der Waals surface area contributed by atoms with Gasteiger partial charge >= 0.3 is 0 Å². The Kier molecular flexibility index (Phi) is 4.76. The van der Waals surface area contributed by atoms with Crippen molar-refractivity contribution in [1.29, 1.82) is 0 Å². The van der Waals surface area contributed by atoms with Crippen LogP contribution in [0.5, 0.6) is 0 Å². The Balaban J connectivity index is 2.03. The Morgan fingerprint density at radius 1 is 1.35 bits per heavy atom. The van der Waals surface area contributed by atoms with E-state index in [9.17, 15) is 4.39 Å². The molecule has 0 unspecified atom stereocenters. The van der Waals surface area contributed by atoms with Crippen LogP contribution >= 0.6 is 12.2 Å². The molecule has 110 valence electrons. The number of halogens is 1. The third kappa shape index (κ3) is 3.76. The summed E-state index contributed by atoms with van der Waals surface area (Å²) in [7, 11) is 0. The van der Waals surface area contributed by atoms with E-state index in [1.807, 2.05) is 6.07 Å². The third-order valence-corrected chi connectivity index (χ3v) is 4.80. The van der Waals surface area contributed by atoms with E-state index in [1.165, 1.54) is 25.3 Å². The lowest BCUT2D eigenvalue weighted by molar-refractivity contribution is 0.109. The van der Waals surface area contributed by atoms with Crippen LogP contribution in [0.3, 0.4) is 0 Å². The average molecular weight is 294 g/mol. The van der Waals surface area contributed by atoms with Gasteiger partial charge in [0.05, 0.1) is 0 Å². The Morgan fingerprint density at radius 2 is 2.00 bits per heavy atom.